The Morgan fingerprint density at radius 1 is 0.786 bits per heavy atom. The lowest BCUT2D eigenvalue weighted by molar-refractivity contribution is 0.311. The van der Waals surface area contributed by atoms with E-state index in [2.05, 4.69) is 55.6 Å². The van der Waals surface area contributed by atoms with E-state index < -0.39 is 0 Å². The van der Waals surface area contributed by atoms with Gasteiger partial charge in [-0.2, -0.15) is 0 Å². The normalized spacial score (nSPS) is 10.5. The smallest absolute Gasteiger partial charge is 0.122 e. The summed E-state index contributed by atoms with van der Waals surface area (Å²) >= 11 is 0. The van der Waals surface area contributed by atoms with Crippen LogP contribution in [0.1, 0.15) is 23.1 Å². The summed E-state index contributed by atoms with van der Waals surface area (Å²) in [6.07, 6.45) is 2.06. The standard InChI is InChI=1S/C25H29NO2/c1-20-10-15-25(21(2)19-20)28-18-16-26-23-11-13-24(14-12-23)27-17-6-9-22-7-4-3-5-8-22/h3-5,7-8,10-15,19,26H,6,9,16-18H2,1-2H3. The third-order valence-corrected chi connectivity index (χ3v) is 4.59. The predicted octanol–water partition coefficient (Wildman–Crippen LogP) is 5.81. The van der Waals surface area contributed by atoms with Crippen LogP contribution in [0.15, 0.2) is 72.8 Å². The van der Waals surface area contributed by atoms with Crippen molar-refractivity contribution in [3.05, 3.63) is 89.5 Å². The van der Waals surface area contributed by atoms with E-state index in [9.17, 15) is 0 Å². The van der Waals surface area contributed by atoms with Crippen molar-refractivity contribution in [2.24, 2.45) is 0 Å². The highest BCUT2D eigenvalue weighted by atomic mass is 16.5. The summed E-state index contributed by atoms with van der Waals surface area (Å²) < 4.78 is 11.7. The quantitative estimate of drug-likeness (QED) is 0.454. The summed E-state index contributed by atoms with van der Waals surface area (Å²) in [5.74, 6) is 1.86. The fourth-order valence-electron chi connectivity index (χ4n) is 3.10. The second-order valence-electron chi connectivity index (χ2n) is 7.01. The molecule has 0 saturated carbocycles. The van der Waals surface area contributed by atoms with Crippen molar-refractivity contribution in [1.82, 2.24) is 0 Å². The van der Waals surface area contributed by atoms with E-state index in [1.807, 2.05) is 36.4 Å². The van der Waals surface area contributed by atoms with Gasteiger partial charge in [0.25, 0.3) is 0 Å². The first-order valence-electron chi connectivity index (χ1n) is 9.91. The second kappa shape index (κ2) is 10.4. The van der Waals surface area contributed by atoms with Crippen molar-refractivity contribution in [2.45, 2.75) is 26.7 Å². The van der Waals surface area contributed by atoms with Gasteiger partial charge in [0.1, 0.15) is 18.1 Å². The molecule has 3 rings (SSSR count). The van der Waals surface area contributed by atoms with Gasteiger partial charge in [0.2, 0.25) is 0 Å². The summed E-state index contributed by atoms with van der Waals surface area (Å²) in [6.45, 7) is 6.28. The Bertz CT molecular complexity index is 844. The van der Waals surface area contributed by atoms with Crippen LogP contribution < -0.4 is 14.8 Å². The molecule has 0 unspecified atom stereocenters. The van der Waals surface area contributed by atoms with E-state index in [0.717, 1.165) is 43.2 Å². The molecule has 0 spiro atoms. The Hall–Kier alpha value is -2.94. The molecular formula is C25H29NO2. The van der Waals surface area contributed by atoms with Crippen molar-refractivity contribution >= 4 is 5.69 Å². The monoisotopic (exact) mass is 375 g/mol. The number of hydrogen-bond acceptors (Lipinski definition) is 3. The Kier molecular flexibility index (Phi) is 7.36. The number of nitrogens with one attached hydrogen (secondary N) is 1. The molecule has 0 aromatic heterocycles. The third kappa shape index (κ3) is 6.34. The minimum Gasteiger partial charge on any atom is -0.494 e. The van der Waals surface area contributed by atoms with Crippen LogP contribution >= 0.6 is 0 Å². The number of aryl methyl sites for hydroxylation is 3. The molecule has 0 fully saturated rings. The fourth-order valence-corrected chi connectivity index (χ4v) is 3.10. The molecule has 146 valence electrons. The topological polar surface area (TPSA) is 30.5 Å². The van der Waals surface area contributed by atoms with Gasteiger partial charge >= 0.3 is 0 Å². The fraction of sp³-hybridized carbons (Fsp3) is 0.280. The number of benzene rings is 3. The highest BCUT2D eigenvalue weighted by molar-refractivity contribution is 5.46. The molecule has 0 radical (unpaired) electrons. The number of anilines is 1. The van der Waals surface area contributed by atoms with Gasteiger partial charge < -0.3 is 14.8 Å². The molecule has 0 aliphatic carbocycles. The number of hydrogen-bond donors (Lipinski definition) is 1. The predicted molar refractivity (Wildman–Crippen MR) is 117 cm³/mol. The Labute approximate surface area is 168 Å². The Morgan fingerprint density at radius 2 is 1.57 bits per heavy atom. The van der Waals surface area contributed by atoms with Gasteiger partial charge in [0, 0.05) is 12.2 Å². The first-order valence-corrected chi connectivity index (χ1v) is 9.91. The Balaban J connectivity index is 1.33. The molecule has 0 heterocycles. The van der Waals surface area contributed by atoms with Gasteiger partial charge in [-0.05, 0) is 68.1 Å². The van der Waals surface area contributed by atoms with Crippen molar-refractivity contribution in [2.75, 3.05) is 25.1 Å². The molecule has 1 N–H and O–H groups in total. The molecule has 0 bridgehead atoms. The molecule has 0 aliphatic heterocycles. The van der Waals surface area contributed by atoms with Crippen LogP contribution in [-0.4, -0.2) is 19.8 Å². The van der Waals surface area contributed by atoms with Crippen LogP contribution in [0, 0.1) is 13.8 Å². The summed E-state index contributed by atoms with van der Waals surface area (Å²) in [6, 6.07) is 24.9. The average Bonchev–Trinajstić information content (AvgIpc) is 2.72. The highest BCUT2D eigenvalue weighted by Gasteiger charge is 2.00. The van der Waals surface area contributed by atoms with Crippen molar-refractivity contribution in [3.63, 3.8) is 0 Å². The first-order chi connectivity index (χ1) is 13.7. The van der Waals surface area contributed by atoms with Crippen LogP contribution in [0.3, 0.4) is 0 Å². The van der Waals surface area contributed by atoms with E-state index in [4.69, 9.17) is 9.47 Å². The largest absolute Gasteiger partial charge is 0.494 e. The summed E-state index contributed by atoms with van der Waals surface area (Å²) in [5, 5.41) is 3.38. The summed E-state index contributed by atoms with van der Waals surface area (Å²) in [7, 11) is 0. The molecule has 0 saturated heterocycles. The van der Waals surface area contributed by atoms with E-state index in [0.29, 0.717) is 6.61 Å². The Morgan fingerprint density at radius 3 is 2.32 bits per heavy atom. The lowest BCUT2D eigenvalue weighted by Gasteiger charge is -2.12. The van der Waals surface area contributed by atoms with Gasteiger partial charge in [-0.25, -0.2) is 0 Å². The van der Waals surface area contributed by atoms with Crippen molar-refractivity contribution in [1.29, 1.82) is 0 Å². The first kappa shape index (κ1) is 19.8. The summed E-state index contributed by atoms with van der Waals surface area (Å²) in [4.78, 5) is 0. The molecule has 28 heavy (non-hydrogen) atoms. The van der Waals surface area contributed by atoms with Gasteiger partial charge in [0.05, 0.1) is 6.61 Å². The zero-order valence-corrected chi connectivity index (χ0v) is 16.8. The van der Waals surface area contributed by atoms with E-state index >= 15 is 0 Å². The zero-order chi connectivity index (χ0) is 19.6. The van der Waals surface area contributed by atoms with Crippen LogP contribution in [0.2, 0.25) is 0 Å². The van der Waals surface area contributed by atoms with Gasteiger partial charge in [-0.15, -0.1) is 0 Å². The minimum absolute atomic E-state index is 0.627. The lowest BCUT2D eigenvalue weighted by Crippen LogP contribution is -2.12. The maximum atomic E-state index is 5.85. The molecule has 3 aromatic carbocycles. The molecular weight excluding hydrogens is 346 g/mol. The maximum absolute atomic E-state index is 5.85. The number of rotatable bonds is 10. The molecule has 0 aliphatic rings. The SMILES string of the molecule is Cc1ccc(OCCNc2ccc(OCCCc3ccccc3)cc2)c(C)c1. The van der Waals surface area contributed by atoms with E-state index in [1.165, 1.54) is 16.7 Å². The van der Waals surface area contributed by atoms with Crippen LogP contribution in [0.4, 0.5) is 5.69 Å². The molecule has 3 aromatic rings. The molecule has 0 amide bonds. The summed E-state index contributed by atoms with van der Waals surface area (Å²) in [5.41, 5.74) is 4.86. The van der Waals surface area contributed by atoms with Gasteiger partial charge in [-0.1, -0.05) is 48.0 Å². The van der Waals surface area contributed by atoms with Crippen LogP contribution in [0.25, 0.3) is 0 Å². The lowest BCUT2D eigenvalue weighted by atomic mass is 10.1. The third-order valence-electron chi connectivity index (χ3n) is 4.59. The molecule has 3 nitrogen and oxygen atoms in total. The number of ether oxygens (including phenoxy) is 2. The van der Waals surface area contributed by atoms with E-state index in [1.54, 1.807) is 0 Å². The minimum atomic E-state index is 0.627. The molecule has 0 atom stereocenters. The van der Waals surface area contributed by atoms with Crippen molar-refractivity contribution in [3.8, 4) is 11.5 Å². The maximum Gasteiger partial charge on any atom is 0.122 e. The highest BCUT2D eigenvalue weighted by Crippen LogP contribution is 2.19. The zero-order valence-electron chi connectivity index (χ0n) is 16.8. The van der Waals surface area contributed by atoms with Gasteiger partial charge in [-0.3, -0.25) is 0 Å². The van der Waals surface area contributed by atoms with Crippen LogP contribution in [0.5, 0.6) is 11.5 Å². The average molecular weight is 376 g/mol. The van der Waals surface area contributed by atoms with E-state index in [-0.39, 0.29) is 0 Å². The van der Waals surface area contributed by atoms with Crippen LogP contribution in [-0.2, 0) is 6.42 Å². The van der Waals surface area contributed by atoms with Crippen molar-refractivity contribution < 1.29 is 9.47 Å². The second-order valence-corrected chi connectivity index (χ2v) is 7.01. The molecule has 3 heteroatoms. The van der Waals surface area contributed by atoms with Gasteiger partial charge in [0.15, 0.2) is 0 Å².